The fourth-order valence-electron chi connectivity index (χ4n) is 4.62. The van der Waals surface area contributed by atoms with Crippen LogP contribution in [0.25, 0.3) is 0 Å². The topological polar surface area (TPSA) is 118 Å². The largest absolute Gasteiger partial charge is 0.497 e. The predicted octanol–water partition coefficient (Wildman–Crippen LogP) is 3.65. The van der Waals surface area contributed by atoms with Crippen molar-refractivity contribution in [2.24, 2.45) is 5.73 Å². The fraction of sp³-hybridized carbons (Fsp3) is 0.286. The molecule has 4 rings (SSSR count). The number of aryl methyl sites for hydroxylation is 2. The van der Waals surface area contributed by atoms with Gasteiger partial charge in [0.05, 0.1) is 39.9 Å². The number of benzene rings is 2. The van der Waals surface area contributed by atoms with Crippen molar-refractivity contribution in [2.45, 2.75) is 25.8 Å². The molecule has 1 aliphatic heterocycles. The molecule has 9 heteroatoms. The van der Waals surface area contributed by atoms with Crippen LogP contribution in [0.4, 0.5) is 0 Å². The number of methoxy groups -OCH3 is 4. The molecule has 0 saturated carbocycles. The normalized spacial score (nSPS) is 14.3. The first-order valence-corrected chi connectivity index (χ1v) is 11.6. The number of ether oxygens (including phenoxy) is 5. The highest BCUT2D eigenvalue weighted by molar-refractivity contribution is 5.59. The van der Waals surface area contributed by atoms with E-state index in [0.717, 1.165) is 5.56 Å². The maximum absolute atomic E-state index is 14.0. The lowest BCUT2D eigenvalue weighted by molar-refractivity contribution is 0.354. The lowest BCUT2D eigenvalue weighted by atomic mass is 9.83. The molecule has 0 amide bonds. The zero-order valence-electron chi connectivity index (χ0n) is 21.5. The zero-order valence-corrected chi connectivity index (χ0v) is 21.5. The van der Waals surface area contributed by atoms with E-state index in [9.17, 15) is 10.1 Å². The Labute approximate surface area is 215 Å². The molecule has 9 nitrogen and oxygen atoms in total. The number of hydrogen-bond donors (Lipinski definition) is 1. The van der Waals surface area contributed by atoms with Crippen LogP contribution in [0, 0.1) is 18.3 Å². The summed E-state index contributed by atoms with van der Waals surface area (Å²) in [6.07, 6.45) is 0.566. The van der Waals surface area contributed by atoms with Gasteiger partial charge in [0.15, 0.2) is 11.5 Å². The lowest BCUT2D eigenvalue weighted by Crippen LogP contribution is -2.33. The van der Waals surface area contributed by atoms with Crippen LogP contribution in [-0.4, -0.2) is 33.0 Å². The number of pyridine rings is 1. The van der Waals surface area contributed by atoms with E-state index in [1.807, 2.05) is 25.1 Å². The first-order chi connectivity index (χ1) is 17.9. The van der Waals surface area contributed by atoms with Crippen molar-refractivity contribution in [2.75, 3.05) is 28.4 Å². The number of nitrogens with two attached hydrogens (primary N) is 1. The maximum atomic E-state index is 14.0. The summed E-state index contributed by atoms with van der Waals surface area (Å²) in [6.45, 7) is 2.23. The Hall–Kier alpha value is -4.58. The summed E-state index contributed by atoms with van der Waals surface area (Å²) in [5, 5.41) is 10.00. The van der Waals surface area contributed by atoms with E-state index in [4.69, 9.17) is 29.4 Å². The molecule has 0 saturated heterocycles. The molecule has 0 aliphatic carbocycles. The van der Waals surface area contributed by atoms with Gasteiger partial charge in [-0.2, -0.15) is 5.26 Å². The van der Waals surface area contributed by atoms with Crippen LogP contribution >= 0.6 is 0 Å². The molecule has 1 atom stereocenters. The third-order valence-electron chi connectivity index (χ3n) is 6.51. The Kier molecular flexibility index (Phi) is 7.30. The van der Waals surface area contributed by atoms with E-state index >= 15 is 0 Å². The molecule has 0 spiro atoms. The molecular formula is C28H29N3O6. The summed E-state index contributed by atoms with van der Waals surface area (Å²) < 4.78 is 29.2. The molecule has 37 heavy (non-hydrogen) atoms. The SMILES string of the molecule is COc1ccc(OC)c(C2C(C#N)=C(N)Oc3cc(C)n(CCc4ccc(OC)c(OC)c4)c(=O)c32)c1. The van der Waals surface area contributed by atoms with Crippen LogP contribution in [-0.2, 0) is 13.0 Å². The van der Waals surface area contributed by atoms with Gasteiger partial charge in [0.1, 0.15) is 28.9 Å². The number of nitriles is 1. The lowest BCUT2D eigenvalue weighted by Gasteiger charge is -2.28. The summed E-state index contributed by atoms with van der Waals surface area (Å²) in [5.74, 6) is 1.78. The maximum Gasteiger partial charge on any atom is 0.258 e. The predicted molar refractivity (Wildman–Crippen MR) is 138 cm³/mol. The molecule has 3 aromatic rings. The van der Waals surface area contributed by atoms with Crippen molar-refractivity contribution in [3.63, 3.8) is 0 Å². The number of fused-ring (bicyclic) bond motifs is 1. The van der Waals surface area contributed by atoms with Crippen molar-refractivity contribution in [1.29, 1.82) is 5.26 Å². The number of aromatic nitrogens is 1. The minimum Gasteiger partial charge on any atom is -0.497 e. The molecular weight excluding hydrogens is 474 g/mol. The minimum atomic E-state index is -0.792. The number of hydrogen-bond acceptors (Lipinski definition) is 8. The Bertz CT molecular complexity index is 1470. The zero-order chi connectivity index (χ0) is 26.7. The number of nitrogens with zero attached hydrogens (tertiary/aromatic N) is 2. The molecule has 1 aliphatic rings. The van der Waals surface area contributed by atoms with Gasteiger partial charge in [0, 0.05) is 23.9 Å². The third-order valence-corrected chi connectivity index (χ3v) is 6.51. The van der Waals surface area contributed by atoms with Gasteiger partial charge in [-0.05, 0) is 49.2 Å². The van der Waals surface area contributed by atoms with Crippen molar-refractivity contribution in [3.8, 4) is 34.8 Å². The van der Waals surface area contributed by atoms with Crippen LogP contribution in [0.2, 0.25) is 0 Å². The first kappa shape index (κ1) is 25.5. The van der Waals surface area contributed by atoms with Crippen LogP contribution in [0.3, 0.4) is 0 Å². The Balaban J connectivity index is 1.83. The average molecular weight is 504 g/mol. The molecule has 0 radical (unpaired) electrons. The van der Waals surface area contributed by atoms with Crippen molar-refractivity contribution in [1.82, 2.24) is 4.57 Å². The van der Waals surface area contributed by atoms with Gasteiger partial charge in [0.2, 0.25) is 5.88 Å². The Morgan fingerprint density at radius 1 is 0.973 bits per heavy atom. The highest BCUT2D eigenvalue weighted by Gasteiger charge is 2.36. The van der Waals surface area contributed by atoms with Crippen molar-refractivity contribution < 1.29 is 23.7 Å². The molecule has 192 valence electrons. The van der Waals surface area contributed by atoms with Crippen LogP contribution < -0.4 is 35.0 Å². The van der Waals surface area contributed by atoms with Crippen molar-refractivity contribution in [3.05, 3.63) is 86.7 Å². The van der Waals surface area contributed by atoms with E-state index in [1.165, 1.54) is 7.11 Å². The first-order valence-electron chi connectivity index (χ1n) is 11.6. The fourth-order valence-corrected chi connectivity index (χ4v) is 4.62. The highest BCUT2D eigenvalue weighted by atomic mass is 16.5. The molecule has 2 heterocycles. The quantitative estimate of drug-likeness (QED) is 0.495. The highest BCUT2D eigenvalue weighted by Crippen LogP contribution is 2.44. The third kappa shape index (κ3) is 4.66. The smallest absolute Gasteiger partial charge is 0.258 e. The van der Waals surface area contributed by atoms with Crippen LogP contribution in [0.15, 0.2) is 58.7 Å². The van der Waals surface area contributed by atoms with E-state index < -0.39 is 5.92 Å². The van der Waals surface area contributed by atoms with Crippen LogP contribution in [0.5, 0.6) is 28.7 Å². The van der Waals surface area contributed by atoms with E-state index in [-0.39, 0.29) is 17.0 Å². The summed E-state index contributed by atoms with van der Waals surface area (Å²) in [6, 6.07) is 14.8. The van der Waals surface area contributed by atoms with Crippen molar-refractivity contribution >= 4 is 0 Å². The minimum absolute atomic E-state index is 0.0493. The second kappa shape index (κ2) is 10.6. The van der Waals surface area contributed by atoms with Crippen LogP contribution in [0.1, 0.15) is 28.3 Å². The Morgan fingerprint density at radius 2 is 1.68 bits per heavy atom. The molecule has 0 bridgehead atoms. The van der Waals surface area contributed by atoms with E-state index in [2.05, 4.69) is 6.07 Å². The van der Waals surface area contributed by atoms with Gasteiger partial charge < -0.3 is 34.0 Å². The van der Waals surface area contributed by atoms with E-state index in [0.29, 0.717) is 58.5 Å². The van der Waals surface area contributed by atoms with Gasteiger partial charge in [-0.3, -0.25) is 4.79 Å². The summed E-state index contributed by atoms with van der Waals surface area (Å²) in [7, 11) is 6.24. The standard InChI is InChI=1S/C28H29N3O6/c1-16-12-24-26(28(32)31(16)11-10-17-6-8-22(35-4)23(13-17)36-5)25(20(15-29)27(30)37-24)19-14-18(33-2)7-9-21(19)34-3/h6-9,12-14,25H,10-11,30H2,1-5H3. The summed E-state index contributed by atoms with van der Waals surface area (Å²) in [5.41, 5.74) is 8.59. The van der Waals surface area contributed by atoms with Gasteiger partial charge in [0.25, 0.3) is 5.56 Å². The Morgan fingerprint density at radius 3 is 2.32 bits per heavy atom. The summed E-state index contributed by atoms with van der Waals surface area (Å²) >= 11 is 0. The van der Waals surface area contributed by atoms with E-state index in [1.54, 1.807) is 50.2 Å². The molecule has 1 aromatic heterocycles. The second-order valence-corrected chi connectivity index (χ2v) is 8.49. The average Bonchev–Trinajstić information content (AvgIpc) is 2.91. The molecule has 2 aromatic carbocycles. The molecule has 1 unspecified atom stereocenters. The summed E-state index contributed by atoms with van der Waals surface area (Å²) in [4.78, 5) is 14.0. The molecule has 2 N–H and O–H groups in total. The van der Waals surface area contributed by atoms with Gasteiger partial charge in [-0.1, -0.05) is 6.07 Å². The monoisotopic (exact) mass is 503 g/mol. The van der Waals surface area contributed by atoms with Gasteiger partial charge in [-0.15, -0.1) is 0 Å². The van der Waals surface area contributed by atoms with Gasteiger partial charge in [-0.25, -0.2) is 0 Å². The molecule has 0 fully saturated rings. The second-order valence-electron chi connectivity index (χ2n) is 8.49. The number of rotatable bonds is 8. The number of allylic oxidation sites excluding steroid dienone is 1. The van der Waals surface area contributed by atoms with Gasteiger partial charge >= 0.3 is 0 Å².